The first-order chi connectivity index (χ1) is 14.9. The predicted molar refractivity (Wildman–Crippen MR) is 130 cm³/mol. The van der Waals surface area contributed by atoms with Crippen LogP contribution in [0.15, 0.2) is 84.9 Å². The van der Waals surface area contributed by atoms with Gasteiger partial charge < -0.3 is 9.64 Å². The highest BCUT2D eigenvalue weighted by atomic mass is 35.5. The number of halogens is 1. The summed E-state index contributed by atoms with van der Waals surface area (Å²) in [6.07, 6.45) is 3.62. The Bertz CT molecular complexity index is 953. The van der Waals surface area contributed by atoms with E-state index in [1.807, 2.05) is 0 Å². The summed E-state index contributed by atoms with van der Waals surface area (Å²) in [5.74, 6) is 0.712. The van der Waals surface area contributed by atoms with Gasteiger partial charge in [-0.2, -0.15) is 0 Å². The third kappa shape index (κ3) is 4.57. The molecule has 0 bridgehead atoms. The van der Waals surface area contributed by atoms with Gasteiger partial charge in [-0.1, -0.05) is 84.9 Å². The van der Waals surface area contributed by atoms with Crippen molar-refractivity contribution in [2.75, 3.05) is 26.2 Å². The van der Waals surface area contributed by atoms with Crippen molar-refractivity contribution >= 4 is 12.4 Å². The van der Waals surface area contributed by atoms with Crippen LogP contribution in [0.1, 0.15) is 47.4 Å². The summed E-state index contributed by atoms with van der Waals surface area (Å²) in [4.78, 5) is 2.67. The normalized spacial score (nSPS) is 21.8. The van der Waals surface area contributed by atoms with E-state index < -0.39 is 0 Å². The van der Waals surface area contributed by atoms with E-state index in [-0.39, 0.29) is 17.8 Å². The van der Waals surface area contributed by atoms with Crippen molar-refractivity contribution in [2.24, 2.45) is 0 Å². The Morgan fingerprint density at radius 2 is 1.45 bits per heavy atom. The third-order valence-corrected chi connectivity index (χ3v) is 7.18. The lowest BCUT2D eigenvalue weighted by atomic mass is 9.70. The lowest BCUT2D eigenvalue weighted by Crippen LogP contribution is -2.42. The quantitative estimate of drug-likeness (QED) is 0.475. The molecule has 0 aromatic heterocycles. The van der Waals surface area contributed by atoms with E-state index in [9.17, 15) is 0 Å². The molecule has 0 aliphatic carbocycles. The van der Waals surface area contributed by atoms with Gasteiger partial charge in [0.15, 0.2) is 0 Å². The molecule has 1 atom stereocenters. The topological polar surface area (TPSA) is 12.5 Å². The zero-order valence-corrected chi connectivity index (χ0v) is 18.9. The number of benzene rings is 3. The number of hydrogen-bond donors (Lipinski definition) is 0. The second-order valence-electron chi connectivity index (χ2n) is 8.87. The van der Waals surface area contributed by atoms with Crippen LogP contribution < -0.4 is 0 Å². The first-order valence-electron chi connectivity index (χ1n) is 11.3. The highest BCUT2D eigenvalue weighted by molar-refractivity contribution is 5.85. The Morgan fingerprint density at radius 3 is 2.19 bits per heavy atom. The van der Waals surface area contributed by atoms with Crippen LogP contribution in [-0.4, -0.2) is 31.1 Å². The van der Waals surface area contributed by atoms with Gasteiger partial charge in [-0.25, -0.2) is 0 Å². The molecule has 31 heavy (non-hydrogen) atoms. The van der Waals surface area contributed by atoms with Crippen molar-refractivity contribution in [3.05, 3.63) is 107 Å². The molecular weight excluding hydrogens is 402 g/mol. The van der Waals surface area contributed by atoms with Gasteiger partial charge in [-0.3, -0.25) is 0 Å². The molecule has 1 fully saturated rings. The molecule has 2 aliphatic heterocycles. The van der Waals surface area contributed by atoms with Crippen LogP contribution in [0.3, 0.4) is 0 Å². The van der Waals surface area contributed by atoms with Crippen LogP contribution in [-0.2, 0) is 16.8 Å². The molecule has 1 saturated heterocycles. The molecule has 2 aliphatic rings. The first-order valence-corrected chi connectivity index (χ1v) is 11.3. The fraction of sp³-hybridized carbons (Fsp3) is 0.357. The summed E-state index contributed by atoms with van der Waals surface area (Å²) in [7, 11) is 0. The first kappa shape index (κ1) is 22.1. The smallest absolute Gasteiger partial charge is 0.0720 e. The minimum atomic E-state index is -0.0492. The maximum atomic E-state index is 6.16. The molecule has 2 nitrogen and oxygen atoms in total. The zero-order chi connectivity index (χ0) is 20.2. The third-order valence-electron chi connectivity index (χ3n) is 7.18. The maximum Gasteiger partial charge on any atom is 0.0720 e. The van der Waals surface area contributed by atoms with Crippen LogP contribution in [0.2, 0.25) is 0 Å². The van der Waals surface area contributed by atoms with Gasteiger partial charge in [0, 0.05) is 5.41 Å². The molecule has 5 rings (SSSR count). The van der Waals surface area contributed by atoms with Crippen molar-refractivity contribution in [3.63, 3.8) is 0 Å². The minimum absolute atomic E-state index is 0. The second-order valence-corrected chi connectivity index (χ2v) is 8.87. The largest absolute Gasteiger partial charge is 0.375 e. The average molecular weight is 434 g/mol. The van der Waals surface area contributed by atoms with Crippen molar-refractivity contribution in [3.8, 4) is 0 Å². The summed E-state index contributed by atoms with van der Waals surface area (Å²) in [5, 5.41) is 0. The Hall–Kier alpha value is -2.13. The summed E-state index contributed by atoms with van der Waals surface area (Å²) < 4.78 is 6.16. The van der Waals surface area contributed by atoms with Gasteiger partial charge in [-0.15, -0.1) is 12.4 Å². The molecule has 162 valence electrons. The molecule has 0 saturated carbocycles. The number of ether oxygens (including phenoxy) is 1. The molecular formula is C28H32ClNO. The highest BCUT2D eigenvalue weighted by Crippen LogP contribution is 2.41. The SMILES string of the molecule is Cl.c1ccc(C2CCN(CCC3(c4ccccc4)COCc4ccccc43)CC2)cc1. The van der Waals surface area contributed by atoms with Crippen molar-refractivity contribution in [2.45, 2.75) is 37.2 Å². The molecule has 2 heterocycles. The fourth-order valence-corrected chi connectivity index (χ4v) is 5.44. The van der Waals surface area contributed by atoms with Crippen LogP contribution >= 0.6 is 12.4 Å². The number of likely N-dealkylation sites (tertiary alicyclic amines) is 1. The molecule has 0 N–H and O–H groups in total. The number of hydrogen-bond acceptors (Lipinski definition) is 2. The number of piperidine rings is 1. The average Bonchev–Trinajstić information content (AvgIpc) is 2.84. The molecule has 0 amide bonds. The number of rotatable bonds is 5. The van der Waals surface area contributed by atoms with Gasteiger partial charge in [0.2, 0.25) is 0 Å². The zero-order valence-electron chi connectivity index (χ0n) is 18.1. The lowest BCUT2D eigenvalue weighted by Gasteiger charge is -2.42. The van der Waals surface area contributed by atoms with E-state index in [2.05, 4.69) is 89.8 Å². The van der Waals surface area contributed by atoms with Crippen LogP contribution in [0.5, 0.6) is 0 Å². The summed E-state index contributed by atoms with van der Waals surface area (Å²) in [5.41, 5.74) is 5.65. The van der Waals surface area contributed by atoms with Crippen LogP contribution in [0.25, 0.3) is 0 Å². The number of fused-ring (bicyclic) bond motifs is 1. The summed E-state index contributed by atoms with van der Waals surface area (Å²) in [6.45, 7) is 5.00. The van der Waals surface area contributed by atoms with E-state index >= 15 is 0 Å². The molecule has 3 aromatic rings. The van der Waals surface area contributed by atoms with Gasteiger partial charge in [-0.05, 0) is 67.1 Å². The van der Waals surface area contributed by atoms with E-state index in [0.29, 0.717) is 5.92 Å². The van der Waals surface area contributed by atoms with Gasteiger partial charge in [0.25, 0.3) is 0 Å². The van der Waals surface area contributed by atoms with E-state index in [0.717, 1.165) is 26.2 Å². The molecule has 1 unspecified atom stereocenters. The van der Waals surface area contributed by atoms with Crippen LogP contribution in [0.4, 0.5) is 0 Å². The van der Waals surface area contributed by atoms with Crippen molar-refractivity contribution in [1.82, 2.24) is 4.90 Å². The maximum absolute atomic E-state index is 6.16. The van der Waals surface area contributed by atoms with Crippen molar-refractivity contribution in [1.29, 1.82) is 0 Å². The van der Waals surface area contributed by atoms with Gasteiger partial charge in [0.1, 0.15) is 0 Å². The standard InChI is InChI=1S/C28H31NO.ClH/c1-3-9-23(10-4-1)24-15-18-29(19-16-24)20-17-28(26-12-5-2-6-13-26)22-30-21-25-11-7-8-14-27(25)28;/h1-14,24H,15-22H2;1H. The van der Waals surface area contributed by atoms with Crippen molar-refractivity contribution < 1.29 is 4.74 Å². The van der Waals surface area contributed by atoms with E-state index in [4.69, 9.17) is 4.74 Å². The Kier molecular flexibility index (Phi) is 7.12. The molecule has 3 heteroatoms. The Morgan fingerprint density at radius 1 is 0.806 bits per heavy atom. The fourth-order valence-electron chi connectivity index (χ4n) is 5.44. The Labute approximate surface area is 192 Å². The summed E-state index contributed by atoms with van der Waals surface area (Å²) in [6, 6.07) is 30.9. The molecule has 3 aromatic carbocycles. The molecule has 0 radical (unpaired) electrons. The monoisotopic (exact) mass is 433 g/mol. The van der Waals surface area contributed by atoms with Gasteiger partial charge in [0.05, 0.1) is 13.2 Å². The second kappa shape index (κ2) is 9.99. The molecule has 0 spiro atoms. The van der Waals surface area contributed by atoms with E-state index in [1.54, 1.807) is 0 Å². The van der Waals surface area contributed by atoms with E-state index in [1.165, 1.54) is 48.2 Å². The lowest BCUT2D eigenvalue weighted by molar-refractivity contribution is 0.0561. The highest BCUT2D eigenvalue weighted by Gasteiger charge is 2.39. The summed E-state index contributed by atoms with van der Waals surface area (Å²) >= 11 is 0. The minimum Gasteiger partial charge on any atom is -0.375 e. The predicted octanol–water partition coefficient (Wildman–Crippen LogP) is 6.19. The van der Waals surface area contributed by atoms with Gasteiger partial charge >= 0.3 is 0 Å². The Balaban J connectivity index is 0.00000231. The number of nitrogens with zero attached hydrogens (tertiary/aromatic N) is 1. The van der Waals surface area contributed by atoms with Crippen LogP contribution in [0, 0.1) is 0 Å².